The van der Waals surface area contributed by atoms with Crippen molar-refractivity contribution in [2.24, 2.45) is 0 Å². The lowest BCUT2D eigenvalue weighted by atomic mass is 9.92. The van der Waals surface area contributed by atoms with Gasteiger partial charge in [-0.15, -0.1) is 0 Å². The van der Waals surface area contributed by atoms with Gasteiger partial charge in [0.15, 0.2) is 0 Å². The van der Waals surface area contributed by atoms with Crippen molar-refractivity contribution in [3.05, 3.63) is 157 Å². The minimum absolute atomic E-state index is 0.0526. The minimum atomic E-state index is -0.442. The van der Waals surface area contributed by atoms with E-state index < -0.39 is 18.1 Å². The molecule has 4 heteroatoms. The van der Waals surface area contributed by atoms with Gasteiger partial charge in [-0.3, -0.25) is 9.55 Å². The van der Waals surface area contributed by atoms with Crippen LogP contribution in [0, 0.1) is 0 Å². The largest absolute Gasteiger partial charge is 0.310 e. The summed E-state index contributed by atoms with van der Waals surface area (Å²) in [5.41, 5.74) is 7.27. The predicted octanol–water partition coefficient (Wildman–Crippen LogP) is 11.5. The lowest BCUT2D eigenvalue weighted by Crippen LogP contribution is -2.11. The highest BCUT2D eigenvalue weighted by Gasteiger charge is 2.20. The first-order valence-corrected chi connectivity index (χ1v) is 15.6. The fraction of sp³-hybridized carbons (Fsp3) is 0.143. The zero-order valence-electron chi connectivity index (χ0n) is 31.4. The maximum atomic E-state index is 9.01. The Morgan fingerprint density at radius 3 is 2.00 bits per heavy atom. The summed E-state index contributed by atoms with van der Waals surface area (Å²) in [7, 11) is 0. The standard InChI is InChI=1S/C42H38N4/c1-29(2)37-21-12-22-38(30(3)4)41(37)45-26-25-44-42(45)33-15-11-19-36(28-33)46(34-16-6-5-7-17-34)35-18-10-14-32(27-35)40-39-20-9-8-13-31(39)23-24-43-40/h5-30H,1-4H3/i5D,6D,7D,16D,17D. The van der Waals surface area contributed by atoms with E-state index in [1.165, 1.54) is 11.1 Å². The highest BCUT2D eigenvalue weighted by atomic mass is 15.1. The van der Waals surface area contributed by atoms with Gasteiger partial charge in [0.1, 0.15) is 5.82 Å². The van der Waals surface area contributed by atoms with E-state index in [1.807, 2.05) is 85.1 Å². The summed E-state index contributed by atoms with van der Waals surface area (Å²) >= 11 is 0. The van der Waals surface area contributed by atoms with Crippen LogP contribution in [0.5, 0.6) is 0 Å². The number of nitrogens with zero attached hydrogens (tertiary/aromatic N) is 4. The van der Waals surface area contributed by atoms with Crippen LogP contribution in [0.2, 0.25) is 0 Å². The smallest absolute Gasteiger partial charge is 0.144 e. The monoisotopic (exact) mass is 603 g/mol. The van der Waals surface area contributed by atoms with E-state index in [0.717, 1.165) is 39.1 Å². The van der Waals surface area contributed by atoms with Gasteiger partial charge in [0.25, 0.3) is 0 Å². The average Bonchev–Trinajstić information content (AvgIpc) is 3.64. The second-order valence-corrected chi connectivity index (χ2v) is 12.0. The number of anilines is 3. The first-order chi connectivity index (χ1) is 24.6. The molecule has 0 aliphatic rings. The van der Waals surface area contributed by atoms with Gasteiger partial charge in [-0.2, -0.15) is 0 Å². The van der Waals surface area contributed by atoms with E-state index in [1.54, 1.807) is 17.3 Å². The number of imidazole rings is 1. The van der Waals surface area contributed by atoms with Crippen molar-refractivity contribution >= 4 is 27.8 Å². The van der Waals surface area contributed by atoms with Crippen LogP contribution in [0.1, 0.15) is 57.5 Å². The van der Waals surface area contributed by atoms with Crippen LogP contribution in [0.15, 0.2) is 146 Å². The van der Waals surface area contributed by atoms with Crippen LogP contribution < -0.4 is 4.90 Å². The van der Waals surface area contributed by atoms with Crippen molar-refractivity contribution in [3.8, 4) is 28.3 Å². The highest BCUT2D eigenvalue weighted by molar-refractivity contribution is 5.95. The average molecular weight is 604 g/mol. The van der Waals surface area contributed by atoms with Crippen molar-refractivity contribution in [3.63, 3.8) is 0 Å². The summed E-state index contributed by atoms with van der Waals surface area (Å²) in [4.78, 5) is 11.3. The van der Waals surface area contributed by atoms with Gasteiger partial charge in [0.05, 0.1) is 18.2 Å². The molecule has 2 aromatic heterocycles. The molecule has 0 amide bonds. The Hall–Kier alpha value is -5.48. The molecule has 0 N–H and O–H groups in total. The van der Waals surface area contributed by atoms with Crippen LogP contribution in [-0.4, -0.2) is 14.5 Å². The third-order valence-electron chi connectivity index (χ3n) is 8.35. The van der Waals surface area contributed by atoms with Gasteiger partial charge in [0, 0.05) is 52.2 Å². The van der Waals surface area contributed by atoms with Gasteiger partial charge in [-0.1, -0.05) is 113 Å². The molecule has 0 atom stereocenters. The van der Waals surface area contributed by atoms with E-state index in [9.17, 15) is 0 Å². The minimum Gasteiger partial charge on any atom is -0.310 e. The highest BCUT2D eigenvalue weighted by Crippen LogP contribution is 2.39. The number of pyridine rings is 1. The Morgan fingerprint density at radius 2 is 1.28 bits per heavy atom. The first kappa shape index (κ1) is 23.8. The molecule has 7 rings (SSSR count). The Balaban J connectivity index is 1.45. The molecule has 0 bridgehead atoms. The van der Waals surface area contributed by atoms with E-state index in [-0.39, 0.29) is 29.6 Å². The first-order valence-electron chi connectivity index (χ1n) is 18.1. The molecule has 7 aromatic rings. The van der Waals surface area contributed by atoms with E-state index in [2.05, 4.69) is 50.5 Å². The Morgan fingerprint density at radius 1 is 0.630 bits per heavy atom. The van der Waals surface area contributed by atoms with Gasteiger partial charge in [0.2, 0.25) is 0 Å². The van der Waals surface area contributed by atoms with Crippen LogP contribution in [0.25, 0.3) is 39.1 Å². The summed E-state index contributed by atoms with van der Waals surface area (Å²) in [6, 6.07) is 30.1. The number of aromatic nitrogens is 3. The van der Waals surface area contributed by atoms with Crippen molar-refractivity contribution in [1.29, 1.82) is 0 Å². The van der Waals surface area contributed by atoms with Crippen LogP contribution in [-0.2, 0) is 0 Å². The SMILES string of the molecule is [2H]c1c([2H])c([2H])c(N(c2cccc(-c3nccc4ccccc34)c2)c2cccc(-c3nccn3-c3c(C(C)C)cccc3C(C)C)c2)c([2H])c1[2H]. The molecule has 0 saturated heterocycles. The van der Waals surface area contributed by atoms with Gasteiger partial charge < -0.3 is 4.90 Å². The summed E-state index contributed by atoms with van der Waals surface area (Å²) in [6.45, 7) is 8.78. The second-order valence-electron chi connectivity index (χ2n) is 12.0. The van der Waals surface area contributed by atoms with E-state index in [0.29, 0.717) is 11.4 Å². The summed E-state index contributed by atoms with van der Waals surface area (Å²) in [6.07, 6.45) is 5.57. The Bertz CT molecular complexity index is 2360. The maximum absolute atomic E-state index is 9.01. The van der Waals surface area contributed by atoms with E-state index >= 15 is 0 Å². The second kappa shape index (κ2) is 12.5. The topological polar surface area (TPSA) is 34.0 Å². The molecule has 0 spiro atoms. The molecule has 5 aromatic carbocycles. The van der Waals surface area contributed by atoms with Crippen molar-refractivity contribution in [2.45, 2.75) is 39.5 Å². The molecule has 0 radical (unpaired) electrons. The quantitative estimate of drug-likeness (QED) is 0.173. The molecule has 0 fully saturated rings. The van der Waals surface area contributed by atoms with Crippen molar-refractivity contribution < 1.29 is 6.85 Å². The molecule has 226 valence electrons. The molecule has 4 nitrogen and oxygen atoms in total. The molecule has 0 saturated carbocycles. The molecule has 46 heavy (non-hydrogen) atoms. The van der Waals surface area contributed by atoms with Crippen LogP contribution >= 0.6 is 0 Å². The summed E-state index contributed by atoms with van der Waals surface area (Å²) in [5.74, 6) is 1.30. The third-order valence-corrected chi connectivity index (χ3v) is 8.35. The third kappa shape index (κ3) is 5.48. The summed E-state index contributed by atoms with van der Waals surface area (Å²) < 4.78 is 45.6. The zero-order valence-corrected chi connectivity index (χ0v) is 26.4. The number of hydrogen-bond donors (Lipinski definition) is 0. The maximum Gasteiger partial charge on any atom is 0.144 e. The Kier molecular flexibility index (Phi) is 6.47. The molecule has 0 aliphatic heterocycles. The predicted molar refractivity (Wildman–Crippen MR) is 193 cm³/mol. The normalized spacial score (nSPS) is 13.0. The van der Waals surface area contributed by atoms with Crippen LogP contribution in [0.4, 0.5) is 17.1 Å². The number of rotatable bonds is 8. The fourth-order valence-corrected chi connectivity index (χ4v) is 6.18. The number of benzene rings is 5. The van der Waals surface area contributed by atoms with E-state index in [4.69, 9.17) is 16.8 Å². The molecule has 2 heterocycles. The van der Waals surface area contributed by atoms with Gasteiger partial charge in [-0.05, 0) is 70.8 Å². The van der Waals surface area contributed by atoms with Gasteiger partial charge >= 0.3 is 0 Å². The lowest BCUT2D eigenvalue weighted by molar-refractivity contribution is 0.807. The molecular formula is C42H38N4. The fourth-order valence-electron chi connectivity index (χ4n) is 6.18. The van der Waals surface area contributed by atoms with Gasteiger partial charge in [-0.25, -0.2) is 4.98 Å². The number of hydrogen-bond acceptors (Lipinski definition) is 3. The number of para-hydroxylation sites is 2. The van der Waals surface area contributed by atoms with Crippen molar-refractivity contribution in [1.82, 2.24) is 14.5 Å². The lowest BCUT2D eigenvalue weighted by Gasteiger charge is -2.26. The summed E-state index contributed by atoms with van der Waals surface area (Å²) in [5, 5.41) is 2.04. The number of fused-ring (bicyclic) bond motifs is 1. The zero-order chi connectivity index (χ0) is 36.0. The van der Waals surface area contributed by atoms with Crippen molar-refractivity contribution in [2.75, 3.05) is 4.90 Å². The molecular weight excluding hydrogens is 560 g/mol. The molecule has 0 aliphatic carbocycles. The van der Waals surface area contributed by atoms with Crippen LogP contribution in [0.3, 0.4) is 0 Å². The molecule has 0 unspecified atom stereocenters. The Labute approximate surface area is 278 Å².